The molecule has 0 atom stereocenters. The van der Waals surface area contributed by atoms with E-state index in [1.54, 1.807) is 18.5 Å². The zero-order valence-corrected chi connectivity index (χ0v) is 15.7. The van der Waals surface area contributed by atoms with Gasteiger partial charge in [-0.15, -0.1) is 11.3 Å². The summed E-state index contributed by atoms with van der Waals surface area (Å²) in [6.07, 6.45) is 1.62. The van der Waals surface area contributed by atoms with Gasteiger partial charge >= 0.3 is 5.69 Å². The molecule has 2 aromatic heterocycles. The minimum Gasteiger partial charge on any atom is -0.314 e. The molecule has 0 bridgehead atoms. The first kappa shape index (κ1) is 18.1. The van der Waals surface area contributed by atoms with Crippen molar-refractivity contribution in [2.24, 2.45) is 0 Å². The zero-order chi connectivity index (χ0) is 18.7. The molecular weight excluding hydrogens is 350 g/mol. The van der Waals surface area contributed by atoms with E-state index in [4.69, 9.17) is 0 Å². The van der Waals surface area contributed by atoms with Crippen molar-refractivity contribution in [3.05, 3.63) is 62.6 Å². The van der Waals surface area contributed by atoms with E-state index in [0.29, 0.717) is 16.8 Å². The van der Waals surface area contributed by atoms with Gasteiger partial charge in [0, 0.05) is 19.3 Å². The number of hydrogen-bond acceptors (Lipinski definition) is 4. The SMILES string of the molecule is CCCCn1c(=O)c2sccc2n(CC(=O)N(C)c2ccccc2)c1=O. The molecule has 0 radical (unpaired) electrons. The molecule has 0 fully saturated rings. The van der Waals surface area contributed by atoms with E-state index >= 15 is 0 Å². The van der Waals surface area contributed by atoms with Crippen molar-refractivity contribution < 1.29 is 4.79 Å². The fourth-order valence-corrected chi connectivity index (χ4v) is 3.68. The topological polar surface area (TPSA) is 64.3 Å². The minimum absolute atomic E-state index is 0.107. The third-order valence-corrected chi connectivity index (χ3v) is 5.27. The Morgan fingerprint density at radius 2 is 1.85 bits per heavy atom. The molecule has 3 rings (SSSR count). The Kier molecular flexibility index (Phi) is 5.37. The fourth-order valence-electron chi connectivity index (χ4n) is 2.84. The molecule has 0 spiro atoms. The average molecular weight is 371 g/mol. The molecule has 7 heteroatoms. The lowest BCUT2D eigenvalue weighted by molar-refractivity contribution is -0.118. The van der Waals surface area contributed by atoms with Crippen LogP contribution in [0.25, 0.3) is 10.2 Å². The lowest BCUT2D eigenvalue weighted by Gasteiger charge is -2.19. The number of unbranched alkanes of at least 4 members (excludes halogenated alkanes) is 1. The Morgan fingerprint density at radius 3 is 2.54 bits per heavy atom. The van der Waals surface area contributed by atoms with E-state index in [9.17, 15) is 14.4 Å². The summed E-state index contributed by atoms with van der Waals surface area (Å²) >= 11 is 1.30. The molecule has 6 nitrogen and oxygen atoms in total. The summed E-state index contributed by atoms with van der Waals surface area (Å²) in [5.41, 5.74) is 0.580. The van der Waals surface area contributed by atoms with Gasteiger partial charge in [0.1, 0.15) is 11.2 Å². The number of anilines is 1. The molecule has 1 amide bonds. The van der Waals surface area contributed by atoms with Crippen molar-refractivity contribution in [2.75, 3.05) is 11.9 Å². The fraction of sp³-hybridized carbons (Fsp3) is 0.316. The number of rotatable bonds is 6. The Bertz CT molecular complexity index is 1030. The van der Waals surface area contributed by atoms with E-state index in [1.807, 2.05) is 37.3 Å². The molecule has 0 aliphatic heterocycles. The second-order valence-corrected chi connectivity index (χ2v) is 7.02. The number of benzene rings is 1. The molecule has 136 valence electrons. The lowest BCUT2D eigenvalue weighted by Crippen LogP contribution is -2.42. The van der Waals surface area contributed by atoms with Gasteiger partial charge in [0.2, 0.25) is 5.91 Å². The maximum Gasteiger partial charge on any atom is 0.332 e. The van der Waals surface area contributed by atoms with Crippen LogP contribution in [0.4, 0.5) is 5.69 Å². The predicted molar refractivity (Wildman–Crippen MR) is 105 cm³/mol. The zero-order valence-electron chi connectivity index (χ0n) is 14.8. The summed E-state index contributed by atoms with van der Waals surface area (Å²) in [5.74, 6) is -0.216. The predicted octanol–water partition coefficient (Wildman–Crippen LogP) is 2.69. The number of para-hydroxylation sites is 1. The number of thiophene rings is 1. The second kappa shape index (κ2) is 7.70. The van der Waals surface area contributed by atoms with Crippen LogP contribution in [0.3, 0.4) is 0 Å². The number of hydrogen-bond donors (Lipinski definition) is 0. The summed E-state index contributed by atoms with van der Waals surface area (Å²) < 4.78 is 3.17. The molecule has 0 aliphatic rings. The number of likely N-dealkylation sites (N-methyl/N-ethyl adjacent to an activating group) is 1. The average Bonchev–Trinajstić information content (AvgIpc) is 3.15. The number of carbonyl (C=O) groups is 1. The van der Waals surface area contributed by atoms with Gasteiger partial charge in [0.15, 0.2) is 0 Å². The van der Waals surface area contributed by atoms with Crippen LogP contribution in [-0.4, -0.2) is 22.1 Å². The van der Waals surface area contributed by atoms with Gasteiger partial charge in [0.05, 0.1) is 5.52 Å². The largest absolute Gasteiger partial charge is 0.332 e. The highest BCUT2D eigenvalue weighted by atomic mass is 32.1. The van der Waals surface area contributed by atoms with Crippen LogP contribution < -0.4 is 16.1 Å². The maximum atomic E-state index is 12.9. The number of nitrogens with zero attached hydrogens (tertiary/aromatic N) is 3. The van der Waals surface area contributed by atoms with E-state index in [0.717, 1.165) is 18.5 Å². The smallest absolute Gasteiger partial charge is 0.314 e. The van der Waals surface area contributed by atoms with Gasteiger partial charge in [-0.25, -0.2) is 4.79 Å². The van der Waals surface area contributed by atoms with E-state index in [-0.39, 0.29) is 18.0 Å². The molecule has 0 saturated heterocycles. The first-order valence-corrected chi connectivity index (χ1v) is 9.45. The van der Waals surface area contributed by atoms with Crippen LogP contribution in [0.15, 0.2) is 51.4 Å². The molecule has 1 aromatic carbocycles. The van der Waals surface area contributed by atoms with Crippen LogP contribution in [0.5, 0.6) is 0 Å². The Morgan fingerprint density at radius 1 is 1.12 bits per heavy atom. The summed E-state index contributed by atoms with van der Waals surface area (Å²) in [5, 5.41) is 1.78. The van der Waals surface area contributed by atoms with Crippen molar-refractivity contribution in [1.82, 2.24) is 9.13 Å². The second-order valence-electron chi connectivity index (χ2n) is 6.10. The lowest BCUT2D eigenvalue weighted by atomic mass is 10.3. The van der Waals surface area contributed by atoms with Crippen molar-refractivity contribution in [1.29, 1.82) is 0 Å². The quantitative estimate of drug-likeness (QED) is 0.669. The standard InChI is InChI=1S/C19H21N3O3S/c1-3-4-11-21-18(24)17-15(10-12-26-17)22(19(21)25)13-16(23)20(2)14-8-6-5-7-9-14/h5-10,12H,3-4,11,13H2,1-2H3. The molecule has 0 saturated carbocycles. The third-order valence-electron chi connectivity index (χ3n) is 4.38. The minimum atomic E-state index is -0.427. The summed E-state index contributed by atoms with van der Waals surface area (Å²) in [7, 11) is 1.68. The van der Waals surface area contributed by atoms with Crippen molar-refractivity contribution >= 4 is 33.1 Å². The first-order valence-electron chi connectivity index (χ1n) is 8.57. The monoisotopic (exact) mass is 371 g/mol. The number of fused-ring (bicyclic) bond motifs is 1. The molecular formula is C19H21N3O3S. The Balaban J connectivity index is 2.02. The molecule has 0 unspecified atom stereocenters. The van der Waals surface area contributed by atoms with Crippen molar-refractivity contribution in [3.8, 4) is 0 Å². The Hall–Kier alpha value is -2.67. The summed E-state index contributed by atoms with van der Waals surface area (Å²) in [6, 6.07) is 11.0. The molecule has 0 N–H and O–H groups in total. The van der Waals surface area contributed by atoms with Gasteiger partial charge in [-0.2, -0.15) is 0 Å². The summed E-state index contributed by atoms with van der Waals surface area (Å²) in [6.45, 7) is 2.26. The highest BCUT2D eigenvalue weighted by Crippen LogP contribution is 2.16. The van der Waals surface area contributed by atoms with E-state index in [1.165, 1.54) is 25.4 Å². The number of carbonyl (C=O) groups excluding carboxylic acids is 1. The van der Waals surface area contributed by atoms with Crippen LogP contribution in [0, 0.1) is 0 Å². The van der Waals surface area contributed by atoms with E-state index < -0.39 is 5.69 Å². The number of aromatic nitrogens is 2. The highest BCUT2D eigenvalue weighted by molar-refractivity contribution is 7.17. The molecule has 26 heavy (non-hydrogen) atoms. The van der Waals surface area contributed by atoms with Gasteiger partial charge < -0.3 is 4.90 Å². The van der Waals surface area contributed by atoms with Crippen LogP contribution in [0.2, 0.25) is 0 Å². The third kappa shape index (κ3) is 3.35. The molecule has 2 heterocycles. The van der Waals surface area contributed by atoms with Crippen molar-refractivity contribution in [3.63, 3.8) is 0 Å². The van der Waals surface area contributed by atoms with Gasteiger partial charge in [-0.1, -0.05) is 31.5 Å². The van der Waals surface area contributed by atoms with Crippen molar-refractivity contribution in [2.45, 2.75) is 32.9 Å². The normalized spacial score (nSPS) is 11.0. The molecule has 3 aromatic rings. The van der Waals surface area contributed by atoms with Gasteiger partial charge in [-0.05, 0) is 30.0 Å². The molecule has 0 aliphatic carbocycles. The maximum absolute atomic E-state index is 12.9. The number of amides is 1. The van der Waals surface area contributed by atoms with Crippen LogP contribution >= 0.6 is 11.3 Å². The highest BCUT2D eigenvalue weighted by Gasteiger charge is 2.18. The van der Waals surface area contributed by atoms with Gasteiger partial charge in [-0.3, -0.25) is 18.7 Å². The van der Waals surface area contributed by atoms with E-state index in [2.05, 4.69) is 0 Å². The Labute approximate surface area is 154 Å². The summed E-state index contributed by atoms with van der Waals surface area (Å²) in [4.78, 5) is 39.7. The van der Waals surface area contributed by atoms with Crippen LogP contribution in [-0.2, 0) is 17.9 Å². The van der Waals surface area contributed by atoms with Gasteiger partial charge in [0.25, 0.3) is 5.56 Å². The van der Waals surface area contributed by atoms with Crippen LogP contribution in [0.1, 0.15) is 19.8 Å². The first-order chi connectivity index (χ1) is 12.5.